The summed E-state index contributed by atoms with van der Waals surface area (Å²) >= 11 is 6.03. The number of hydrogen-bond donors (Lipinski definition) is 2. The van der Waals surface area contributed by atoms with Gasteiger partial charge in [0.1, 0.15) is 5.82 Å². The predicted octanol–water partition coefficient (Wildman–Crippen LogP) is 3.34. The number of carbonyl (C=O) groups excluding carboxylic acids is 1. The molecule has 0 aliphatic heterocycles. The number of aromatic amines is 1. The maximum atomic E-state index is 13.0. The number of aromatic hydroxyl groups is 1. The number of ether oxygens (including phenoxy) is 1. The van der Waals surface area contributed by atoms with Crippen LogP contribution in [0.2, 0.25) is 5.02 Å². The lowest BCUT2D eigenvalue weighted by atomic mass is 10.1. The summed E-state index contributed by atoms with van der Waals surface area (Å²) in [5, 5.41) is 10.5. The Labute approximate surface area is 166 Å². The first kappa shape index (κ1) is 19.7. The number of hydrogen-bond acceptors (Lipinski definition) is 5. The number of halogens is 1. The Bertz CT molecular complexity index is 1080. The van der Waals surface area contributed by atoms with Gasteiger partial charge in [-0.1, -0.05) is 23.7 Å². The van der Waals surface area contributed by atoms with Crippen molar-refractivity contribution in [3.8, 4) is 11.5 Å². The van der Waals surface area contributed by atoms with E-state index in [0.717, 1.165) is 0 Å². The number of nitrogens with zero attached hydrogens (tertiary/aromatic N) is 2. The molecule has 0 saturated heterocycles. The first-order valence-electron chi connectivity index (χ1n) is 8.87. The molecule has 146 valence electrons. The van der Waals surface area contributed by atoms with E-state index in [1.165, 1.54) is 17.0 Å². The zero-order chi connectivity index (χ0) is 20.3. The van der Waals surface area contributed by atoms with Gasteiger partial charge in [-0.2, -0.15) is 0 Å². The van der Waals surface area contributed by atoms with Crippen molar-refractivity contribution < 1.29 is 14.6 Å². The van der Waals surface area contributed by atoms with Gasteiger partial charge < -0.3 is 19.7 Å². The summed E-state index contributed by atoms with van der Waals surface area (Å²) in [4.78, 5) is 33.9. The summed E-state index contributed by atoms with van der Waals surface area (Å²) in [6, 6.07) is 9.86. The fourth-order valence-electron chi connectivity index (χ4n) is 2.86. The fourth-order valence-corrected chi connectivity index (χ4v) is 3.07. The van der Waals surface area contributed by atoms with Crippen LogP contribution in [0, 0.1) is 0 Å². The van der Waals surface area contributed by atoms with Crippen LogP contribution in [-0.2, 0) is 6.54 Å². The average Bonchev–Trinajstić information content (AvgIpc) is 2.69. The number of para-hydroxylation sites is 1. The van der Waals surface area contributed by atoms with E-state index in [4.69, 9.17) is 16.3 Å². The molecule has 28 heavy (non-hydrogen) atoms. The van der Waals surface area contributed by atoms with Crippen molar-refractivity contribution in [1.29, 1.82) is 0 Å². The highest BCUT2D eigenvalue weighted by Gasteiger charge is 2.20. The number of H-pyrrole nitrogens is 1. The van der Waals surface area contributed by atoms with E-state index in [0.29, 0.717) is 29.9 Å². The molecule has 0 saturated carbocycles. The van der Waals surface area contributed by atoms with E-state index < -0.39 is 0 Å². The highest BCUT2D eigenvalue weighted by atomic mass is 35.5. The van der Waals surface area contributed by atoms with Crippen LogP contribution in [0.25, 0.3) is 10.9 Å². The summed E-state index contributed by atoms with van der Waals surface area (Å²) < 4.78 is 5.34. The minimum absolute atomic E-state index is 0.0302. The molecular formula is C20H20ClN3O4. The quantitative estimate of drug-likeness (QED) is 0.660. The van der Waals surface area contributed by atoms with Crippen molar-refractivity contribution in [2.75, 3.05) is 13.2 Å². The Hall–Kier alpha value is -3.06. The standard InChI is InChI=1S/C20H20ClN3O4/c1-3-24(11-17-22-15-8-6-5-7-13(15)19(26)23-17)20(27)12-9-14(21)18(25)16(10-12)28-4-2/h5-10,25H,3-4,11H2,1-2H3,(H,22,23,26). The number of phenolic OH excluding ortho intramolecular Hbond substituents is 1. The molecule has 1 amide bonds. The Morgan fingerprint density at radius 2 is 2.04 bits per heavy atom. The molecule has 0 spiro atoms. The van der Waals surface area contributed by atoms with Crippen molar-refractivity contribution in [2.24, 2.45) is 0 Å². The van der Waals surface area contributed by atoms with E-state index in [9.17, 15) is 14.7 Å². The van der Waals surface area contributed by atoms with Crippen molar-refractivity contribution in [3.05, 3.63) is 63.2 Å². The Morgan fingerprint density at radius 3 is 2.75 bits per heavy atom. The molecule has 0 atom stereocenters. The SMILES string of the molecule is CCOc1cc(C(=O)N(CC)Cc2nc3ccccc3c(=O)[nH]2)cc(Cl)c1O. The van der Waals surface area contributed by atoms with Gasteiger partial charge >= 0.3 is 0 Å². The zero-order valence-electron chi connectivity index (χ0n) is 15.5. The second kappa shape index (κ2) is 8.31. The highest BCUT2D eigenvalue weighted by Crippen LogP contribution is 2.35. The van der Waals surface area contributed by atoms with Crippen molar-refractivity contribution in [3.63, 3.8) is 0 Å². The van der Waals surface area contributed by atoms with Gasteiger partial charge in [0.15, 0.2) is 11.5 Å². The van der Waals surface area contributed by atoms with Gasteiger partial charge in [-0.3, -0.25) is 9.59 Å². The largest absolute Gasteiger partial charge is 0.503 e. The fraction of sp³-hybridized carbons (Fsp3) is 0.250. The normalized spacial score (nSPS) is 10.8. The van der Waals surface area contributed by atoms with Crippen LogP contribution >= 0.6 is 11.6 Å². The molecule has 8 heteroatoms. The maximum absolute atomic E-state index is 13.0. The van der Waals surface area contributed by atoms with Gasteiger partial charge in [0, 0.05) is 12.1 Å². The zero-order valence-corrected chi connectivity index (χ0v) is 16.3. The van der Waals surface area contributed by atoms with E-state index >= 15 is 0 Å². The number of nitrogens with one attached hydrogen (secondary N) is 1. The summed E-state index contributed by atoms with van der Waals surface area (Å²) in [5.41, 5.74) is 0.586. The molecule has 3 rings (SSSR count). The molecule has 0 aliphatic rings. The van der Waals surface area contributed by atoms with Gasteiger partial charge in [0.2, 0.25) is 0 Å². The summed E-state index contributed by atoms with van der Waals surface area (Å²) in [7, 11) is 0. The third-order valence-electron chi connectivity index (χ3n) is 4.25. The smallest absolute Gasteiger partial charge is 0.258 e. The van der Waals surface area contributed by atoms with Crippen LogP contribution in [0.15, 0.2) is 41.2 Å². The number of carbonyl (C=O) groups is 1. The molecule has 2 N–H and O–H groups in total. The molecule has 1 aromatic heterocycles. The molecule has 0 aliphatic carbocycles. The monoisotopic (exact) mass is 401 g/mol. The number of phenols is 1. The van der Waals surface area contributed by atoms with Gasteiger partial charge in [-0.05, 0) is 38.1 Å². The first-order valence-corrected chi connectivity index (χ1v) is 9.24. The third-order valence-corrected chi connectivity index (χ3v) is 4.53. The van der Waals surface area contributed by atoms with Crippen LogP contribution < -0.4 is 10.3 Å². The van der Waals surface area contributed by atoms with Gasteiger partial charge in [0.05, 0.1) is 29.1 Å². The Kier molecular flexibility index (Phi) is 5.84. The second-order valence-corrected chi connectivity index (χ2v) is 6.49. The van der Waals surface area contributed by atoms with Gasteiger partial charge in [0.25, 0.3) is 11.5 Å². The second-order valence-electron chi connectivity index (χ2n) is 6.09. The molecular weight excluding hydrogens is 382 g/mol. The van der Waals surface area contributed by atoms with Crippen LogP contribution in [0.5, 0.6) is 11.5 Å². The number of rotatable bonds is 6. The minimum Gasteiger partial charge on any atom is -0.503 e. The number of amides is 1. The number of fused-ring (bicyclic) bond motifs is 1. The van der Waals surface area contributed by atoms with Crippen molar-refractivity contribution >= 4 is 28.4 Å². The number of aromatic nitrogens is 2. The van der Waals surface area contributed by atoms with Crippen LogP contribution in [0.4, 0.5) is 0 Å². The molecule has 2 aromatic carbocycles. The average molecular weight is 402 g/mol. The topological polar surface area (TPSA) is 95.5 Å². The molecule has 0 bridgehead atoms. The summed E-state index contributed by atoms with van der Waals surface area (Å²) in [6.45, 7) is 4.42. The molecule has 0 unspecified atom stereocenters. The van der Waals surface area contributed by atoms with E-state index in [1.807, 2.05) is 6.92 Å². The van der Waals surface area contributed by atoms with Crippen LogP contribution in [0.1, 0.15) is 30.0 Å². The summed E-state index contributed by atoms with van der Waals surface area (Å²) in [5.74, 6) is 0.00486. The van der Waals surface area contributed by atoms with E-state index in [-0.39, 0.29) is 40.1 Å². The van der Waals surface area contributed by atoms with Crippen molar-refractivity contribution in [1.82, 2.24) is 14.9 Å². The van der Waals surface area contributed by atoms with Crippen LogP contribution in [0.3, 0.4) is 0 Å². The third kappa shape index (κ3) is 3.94. The molecule has 1 heterocycles. The molecule has 0 radical (unpaired) electrons. The van der Waals surface area contributed by atoms with Crippen molar-refractivity contribution in [2.45, 2.75) is 20.4 Å². The molecule has 0 fully saturated rings. The predicted molar refractivity (Wildman–Crippen MR) is 107 cm³/mol. The first-order chi connectivity index (χ1) is 13.4. The maximum Gasteiger partial charge on any atom is 0.258 e. The van der Waals surface area contributed by atoms with E-state index in [2.05, 4.69) is 9.97 Å². The minimum atomic E-state index is -0.318. The summed E-state index contributed by atoms with van der Waals surface area (Å²) in [6.07, 6.45) is 0. The van der Waals surface area contributed by atoms with Gasteiger partial charge in [-0.15, -0.1) is 0 Å². The Morgan fingerprint density at radius 1 is 1.29 bits per heavy atom. The highest BCUT2D eigenvalue weighted by molar-refractivity contribution is 6.32. The van der Waals surface area contributed by atoms with Crippen LogP contribution in [-0.4, -0.2) is 39.0 Å². The Balaban J connectivity index is 1.92. The molecule has 7 nitrogen and oxygen atoms in total. The number of benzene rings is 2. The lowest BCUT2D eigenvalue weighted by Crippen LogP contribution is -2.32. The lowest BCUT2D eigenvalue weighted by Gasteiger charge is -2.21. The van der Waals surface area contributed by atoms with Gasteiger partial charge in [-0.25, -0.2) is 4.98 Å². The van der Waals surface area contributed by atoms with E-state index in [1.54, 1.807) is 31.2 Å². The lowest BCUT2D eigenvalue weighted by molar-refractivity contribution is 0.0748. The molecule has 3 aromatic rings.